The maximum atomic E-state index is 13.5. The van der Waals surface area contributed by atoms with E-state index in [2.05, 4.69) is 10.3 Å². The van der Waals surface area contributed by atoms with Gasteiger partial charge in [0, 0.05) is 22.6 Å². The molecule has 2 aromatic carbocycles. The van der Waals surface area contributed by atoms with Crippen molar-refractivity contribution < 1.29 is 18.7 Å². The van der Waals surface area contributed by atoms with Crippen LogP contribution >= 0.6 is 11.3 Å². The van der Waals surface area contributed by atoms with Gasteiger partial charge in [-0.2, -0.15) is 0 Å². The van der Waals surface area contributed by atoms with Crippen LogP contribution in [0.3, 0.4) is 0 Å². The van der Waals surface area contributed by atoms with Crippen LogP contribution in [0.4, 0.5) is 9.52 Å². The van der Waals surface area contributed by atoms with E-state index in [9.17, 15) is 14.0 Å². The Bertz CT molecular complexity index is 1000. The Morgan fingerprint density at radius 2 is 1.86 bits per heavy atom. The number of hydrogen-bond acceptors (Lipinski definition) is 5. The summed E-state index contributed by atoms with van der Waals surface area (Å²) in [5.74, 6) is -1.69. The van der Waals surface area contributed by atoms with Gasteiger partial charge >= 0.3 is 5.97 Å². The zero-order valence-corrected chi connectivity index (χ0v) is 15.8. The summed E-state index contributed by atoms with van der Waals surface area (Å²) in [4.78, 5) is 28.4. The number of rotatable bonds is 6. The molecular weight excluding hydrogens is 379 g/mol. The molecule has 0 aliphatic rings. The van der Waals surface area contributed by atoms with E-state index >= 15 is 0 Å². The van der Waals surface area contributed by atoms with Crippen molar-refractivity contribution in [1.29, 1.82) is 0 Å². The van der Waals surface area contributed by atoms with Crippen LogP contribution < -0.4 is 5.32 Å². The summed E-state index contributed by atoms with van der Waals surface area (Å²) >= 11 is 1.28. The van der Waals surface area contributed by atoms with Crippen LogP contribution in [0.1, 0.15) is 12.5 Å². The fourth-order valence-electron chi connectivity index (χ4n) is 2.31. The maximum Gasteiger partial charge on any atom is 0.331 e. The lowest BCUT2D eigenvalue weighted by molar-refractivity contribution is -0.148. The summed E-state index contributed by atoms with van der Waals surface area (Å²) in [7, 11) is 0. The second-order valence-corrected chi connectivity index (χ2v) is 6.69. The fourth-order valence-corrected chi connectivity index (χ4v) is 3.04. The monoisotopic (exact) mass is 396 g/mol. The van der Waals surface area contributed by atoms with Gasteiger partial charge in [0.1, 0.15) is 5.82 Å². The van der Waals surface area contributed by atoms with Gasteiger partial charge in [0.2, 0.25) is 0 Å². The number of aromatic nitrogens is 1. The first-order valence-corrected chi connectivity index (χ1v) is 9.36. The molecule has 7 heteroatoms. The van der Waals surface area contributed by atoms with Gasteiger partial charge < -0.3 is 4.74 Å². The van der Waals surface area contributed by atoms with Crippen molar-refractivity contribution in [3.63, 3.8) is 0 Å². The highest BCUT2D eigenvalue weighted by atomic mass is 32.1. The van der Waals surface area contributed by atoms with E-state index in [0.717, 1.165) is 17.3 Å². The van der Waals surface area contributed by atoms with Gasteiger partial charge in [0.25, 0.3) is 5.91 Å². The molecule has 3 aromatic rings. The average Bonchev–Trinajstić information content (AvgIpc) is 3.16. The molecule has 28 heavy (non-hydrogen) atoms. The third kappa shape index (κ3) is 5.11. The molecule has 142 valence electrons. The number of hydrogen-bond donors (Lipinski definition) is 1. The highest BCUT2D eigenvalue weighted by Gasteiger charge is 2.18. The Hall–Kier alpha value is -3.32. The molecule has 1 N–H and O–H groups in total. The van der Waals surface area contributed by atoms with Crippen LogP contribution in [-0.2, 0) is 14.3 Å². The van der Waals surface area contributed by atoms with E-state index in [1.54, 1.807) is 12.1 Å². The van der Waals surface area contributed by atoms with E-state index in [0.29, 0.717) is 5.13 Å². The summed E-state index contributed by atoms with van der Waals surface area (Å²) in [5, 5.41) is 4.87. The van der Waals surface area contributed by atoms with E-state index in [-0.39, 0.29) is 5.56 Å². The number of nitrogens with one attached hydrogen (secondary N) is 1. The number of amides is 1. The standard InChI is InChI=1S/C21H17FN2O3S/c1-14(27-19(25)12-11-15-7-5-6-10-17(15)22)20(26)24-21-23-18(13-28-21)16-8-3-2-4-9-16/h2-14H,1H3,(H,23,24,26)/b12-11-/t14-/m1/s1. The number of ether oxygens (including phenoxy) is 1. The third-order valence-electron chi connectivity index (χ3n) is 3.77. The topological polar surface area (TPSA) is 68.3 Å². The first-order valence-electron chi connectivity index (χ1n) is 8.48. The zero-order chi connectivity index (χ0) is 19.9. The molecule has 0 radical (unpaired) electrons. The molecule has 5 nitrogen and oxygen atoms in total. The molecule has 0 saturated carbocycles. The van der Waals surface area contributed by atoms with Crippen LogP contribution in [0.2, 0.25) is 0 Å². The van der Waals surface area contributed by atoms with E-state index in [1.165, 1.54) is 36.5 Å². The number of carbonyl (C=O) groups is 2. The summed E-state index contributed by atoms with van der Waals surface area (Å²) in [5.41, 5.74) is 1.95. The van der Waals surface area contributed by atoms with Crippen molar-refractivity contribution in [3.05, 3.63) is 77.4 Å². The van der Waals surface area contributed by atoms with Crippen molar-refractivity contribution in [1.82, 2.24) is 4.98 Å². The van der Waals surface area contributed by atoms with Gasteiger partial charge in [-0.05, 0) is 19.1 Å². The molecule has 1 aromatic heterocycles. The van der Waals surface area contributed by atoms with Crippen molar-refractivity contribution in [2.24, 2.45) is 0 Å². The predicted molar refractivity (Wildman–Crippen MR) is 107 cm³/mol. The number of halogens is 1. The largest absolute Gasteiger partial charge is 0.449 e. The lowest BCUT2D eigenvalue weighted by Gasteiger charge is -2.10. The van der Waals surface area contributed by atoms with Crippen molar-refractivity contribution in [2.75, 3.05) is 5.32 Å². The van der Waals surface area contributed by atoms with Crippen LogP contribution in [-0.4, -0.2) is 23.0 Å². The van der Waals surface area contributed by atoms with Crippen molar-refractivity contribution >= 4 is 34.4 Å². The van der Waals surface area contributed by atoms with E-state index in [1.807, 2.05) is 35.7 Å². The molecular formula is C21H17FN2O3S. The van der Waals surface area contributed by atoms with Crippen molar-refractivity contribution in [3.8, 4) is 11.3 Å². The van der Waals surface area contributed by atoms with Gasteiger partial charge in [-0.3, -0.25) is 10.1 Å². The number of thiazole rings is 1. The summed E-state index contributed by atoms with van der Waals surface area (Å²) < 4.78 is 18.6. The van der Waals surface area contributed by atoms with Gasteiger partial charge in [0.05, 0.1) is 5.69 Å². The van der Waals surface area contributed by atoms with Gasteiger partial charge in [0.15, 0.2) is 11.2 Å². The quantitative estimate of drug-likeness (QED) is 0.491. The smallest absolute Gasteiger partial charge is 0.331 e. The average molecular weight is 396 g/mol. The Morgan fingerprint density at radius 3 is 2.61 bits per heavy atom. The van der Waals surface area contributed by atoms with Gasteiger partial charge in [-0.25, -0.2) is 14.2 Å². The normalized spacial score (nSPS) is 11.9. The summed E-state index contributed by atoms with van der Waals surface area (Å²) in [6.07, 6.45) is 1.36. The van der Waals surface area contributed by atoms with Gasteiger partial charge in [-0.1, -0.05) is 48.5 Å². The molecule has 1 atom stereocenters. The van der Waals surface area contributed by atoms with Crippen LogP contribution in [0, 0.1) is 5.82 Å². The Balaban J connectivity index is 1.55. The van der Waals surface area contributed by atoms with E-state index in [4.69, 9.17) is 4.74 Å². The van der Waals surface area contributed by atoms with Crippen molar-refractivity contribution in [2.45, 2.75) is 13.0 Å². The lowest BCUT2D eigenvalue weighted by Crippen LogP contribution is -2.29. The Morgan fingerprint density at radius 1 is 1.14 bits per heavy atom. The summed E-state index contributed by atoms with van der Waals surface area (Å²) in [6.45, 7) is 1.45. The number of benzene rings is 2. The Kier molecular flexibility index (Phi) is 6.29. The Labute approximate surface area is 165 Å². The fraction of sp³-hybridized carbons (Fsp3) is 0.0952. The molecule has 0 unspecified atom stereocenters. The minimum atomic E-state index is -1.03. The summed E-state index contributed by atoms with van der Waals surface area (Å²) in [6, 6.07) is 15.6. The number of esters is 1. The number of nitrogens with zero attached hydrogens (tertiary/aromatic N) is 1. The van der Waals surface area contributed by atoms with Gasteiger partial charge in [-0.15, -0.1) is 11.3 Å². The highest BCUT2D eigenvalue weighted by Crippen LogP contribution is 2.24. The maximum absolute atomic E-state index is 13.5. The lowest BCUT2D eigenvalue weighted by atomic mass is 10.2. The molecule has 0 aliphatic carbocycles. The second kappa shape index (κ2) is 9.05. The zero-order valence-electron chi connectivity index (χ0n) is 15.0. The van der Waals surface area contributed by atoms with Crippen LogP contribution in [0.25, 0.3) is 17.3 Å². The molecule has 0 spiro atoms. The predicted octanol–water partition coefficient (Wildman–Crippen LogP) is 4.53. The molecule has 0 saturated heterocycles. The highest BCUT2D eigenvalue weighted by molar-refractivity contribution is 7.14. The van der Waals surface area contributed by atoms with Crippen LogP contribution in [0.15, 0.2) is 66.1 Å². The molecule has 0 aliphatic heterocycles. The SMILES string of the molecule is C[C@@H](OC(=O)/C=C\c1ccccc1F)C(=O)Nc1nc(-c2ccccc2)cs1. The molecule has 0 bridgehead atoms. The minimum Gasteiger partial charge on any atom is -0.449 e. The molecule has 0 fully saturated rings. The minimum absolute atomic E-state index is 0.257. The molecule has 1 amide bonds. The first-order chi connectivity index (χ1) is 13.5. The third-order valence-corrected chi connectivity index (χ3v) is 4.53. The molecule has 1 heterocycles. The number of anilines is 1. The number of carbonyl (C=O) groups excluding carboxylic acids is 2. The second-order valence-electron chi connectivity index (χ2n) is 5.83. The van der Waals surface area contributed by atoms with E-state index < -0.39 is 23.8 Å². The van der Waals surface area contributed by atoms with Crippen LogP contribution in [0.5, 0.6) is 0 Å². The first kappa shape index (κ1) is 19.4. The molecule has 3 rings (SSSR count).